The van der Waals surface area contributed by atoms with E-state index in [0.29, 0.717) is 28.8 Å². The molecule has 184 valence electrons. The predicted octanol–water partition coefficient (Wildman–Crippen LogP) is 6.00. The highest BCUT2D eigenvalue weighted by Crippen LogP contribution is 2.25. The number of urea groups is 2. The van der Waals surface area contributed by atoms with Gasteiger partial charge in [0.05, 0.1) is 10.0 Å². The van der Waals surface area contributed by atoms with Gasteiger partial charge in [0, 0.05) is 18.8 Å². The van der Waals surface area contributed by atoms with Crippen LogP contribution in [0.25, 0.3) is 0 Å². The molecule has 1 aromatic carbocycles. The van der Waals surface area contributed by atoms with Gasteiger partial charge < -0.3 is 21.7 Å². The molecule has 0 radical (unpaired) electrons. The molecule has 0 fully saturated rings. The van der Waals surface area contributed by atoms with Gasteiger partial charge in [0.1, 0.15) is 0 Å². The van der Waals surface area contributed by atoms with Crippen molar-refractivity contribution >= 4 is 123 Å². The molecule has 4 amide bonds. The molecule has 1 rings (SSSR count). The van der Waals surface area contributed by atoms with Crippen LogP contribution in [-0.2, 0) is 9.59 Å². The molecule has 0 aromatic heterocycles. The Kier molecular flexibility index (Phi) is 21.2. The molecule has 0 bridgehead atoms. The molecule has 0 unspecified atom stereocenters. The second-order valence-corrected chi connectivity index (χ2v) is 10.5. The highest BCUT2D eigenvalue weighted by Gasteiger charge is 2.16. The summed E-state index contributed by atoms with van der Waals surface area (Å²) in [5.41, 5.74) is 9.14. The van der Waals surface area contributed by atoms with E-state index in [9.17, 15) is 14.4 Å². The number of nitrogens with one attached hydrogen (secondary N) is 1. The van der Waals surface area contributed by atoms with Crippen molar-refractivity contribution in [2.75, 3.05) is 18.4 Å². The minimum Gasteiger partial charge on any atom is -0.352 e. The van der Waals surface area contributed by atoms with Crippen molar-refractivity contribution in [3.63, 3.8) is 0 Å². The van der Waals surface area contributed by atoms with Crippen LogP contribution in [0.3, 0.4) is 0 Å². The van der Waals surface area contributed by atoms with Crippen LogP contribution in [-0.4, -0.2) is 50.2 Å². The molecule has 0 aliphatic rings. The first-order valence-corrected chi connectivity index (χ1v) is 11.1. The third kappa shape index (κ3) is 25.7. The Morgan fingerprint density at radius 1 is 0.906 bits per heavy atom. The topological polar surface area (TPSA) is 136 Å². The first-order chi connectivity index (χ1) is 14.4. The summed E-state index contributed by atoms with van der Waals surface area (Å²) >= 11 is 40.9. The van der Waals surface area contributed by atoms with Gasteiger partial charge in [-0.2, -0.15) is 0 Å². The highest BCUT2D eigenvalue weighted by molar-refractivity contribution is 6.74. The number of nitrogens with two attached hydrogens (primary N) is 2. The van der Waals surface area contributed by atoms with Crippen molar-refractivity contribution in [2.24, 2.45) is 11.5 Å². The Morgan fingerprint density at radius 3 is 1.50 bits per heavy atom. The number of carbonyl (C=O) groups is 4. The lowest BCUT2D eigenvalue weighted by Gasteiger charge is -2.19. The van der Waals surface area contributed by atoms with Crippen molar-refractivity contribution in [1.82, 2.24) is 4.90 Å². The third-order valence-electron chi connectivity index (χ3n) is 2.49. The zero-order valence-corrected chi connectivity index (χ0v) is 22.6. The standard InChI is InChI=1S/C11H14Cl2N2O.2C2HCl3O.CH4N2O/c1-3-15(4-2)11(16)14-8-5-6-9(12)10(13)7-8;2*3-2(4,5)1-6;2-1(3)4/h5-7H,3-4H2,1-2H3,(H,14,16);2*1H;(H4,2,3,4). The average molecular weight is 616 g/mol. The maximum absolute atomic E-state index is 11.7. The number of benzene rings is 1. The lowest BCUT2D eigenvalue weighted by atomic mass is 10.3. The van der Waals surface area contributed by atoms with Crippen LogP contribution >= 0.6 is 92.8 Å². The summed E-state index contributed by atoms with van der Waals surface area (Å²) in [5.74, 6) is 0. The smallest absolute Gasteiger partial charge is 0.321 e. The van der Waals surface area contributed by atoms with Gasteiger partial charge >= 0.3 is 12.1 Å². The monoisotopic (exact) mass is 612 g/mol. The number of alkyl halides is 6. The van der Waals surface area contributed by atoms with E-state index in [-0.39, 0.29) is 18.6 Å². The van der Waals surface area contributed by atoms with Crippen LogP contribution in [0.2, 0.25) is 10.0 Å². The van der Waals surface area contributed by atoms with Gasteiger partial charge in [-0.15, -0.1) is 0 Å². The summed E-state index contributed by atoms with van der Waals surface area (Å²) in [6.07, 6.45) is 0.468. The van der Waals surface area contributed by atoms with E-state index in [2.05, 4.69) is 16.8 Å². The minimum absolute atomic E-state index is 0.136. The van der Waals surface area contributed by atoms with Gasteiger partial charge in [0.2, 0.25) is 7.59 Å². The van der Waals surface area contributed by atoms with Gasteiger partial charge in [0.25, 0.3) is 0 Å². The number of aldehydes is 2. The lowest BCUT2D eigenvalue weighted by Crippen LogP contribution is -2.34. The van der Waals surface area contributed by atoms with E-state index in [4.69, 9.17) is 97.6 Å². The van der Waals surface area contributed by atoms with Gasteiger partial charge in [-0.25, -0.2) is 9.59 Å². The molecule has 0 spiro atoms. The number of hydrogen-bond donors (Lipinski definition) is 3. The van der Waals surface area contributed by atoms with Crippen LogP contribution in [0.15, 0.2) is 18.2 Å². The third-order valence-corrected chi connectivity index (χ3v) is 3.76. The molecule has 0 saturated heterocycles. The van der Waals surface area contributed by atoms with Crippen molar-refractivity contribution in [3.05, 3.63) is 28.2 Å². The number of halogens is 8. The van der Waals surface area contributed by atoms with Gasteiger partial charge in [0.15, 0.2) is 12.6 Å². The van der Waals surface area contributed by atoms with E-state index >= 15 is 0 Å². The number of hydrogen-bond acceptors (Lipinski definition) is 4. The largest absolute Gasteiger partial charge is 0.352 e. The first-order valence-electron chi connectivity index (χ1n) is 8.05. The minimum atomic E-state index is -1.72. The number of nitrogens with zero attached hydrogens (tertiary/aromatic N) is 1. The zero-order chi connectivity index (χ0) is 26.1. The van der Waals surface area contributed by atoms with E-state index in [1.54, 1.807) is 23.1 Å². The fourth-order valence-electron chi connectivity index (χ4n) is 1.29. The quantitative estimate of drug-likeness (QED) is 0.284. The summed E-state index contributed by atoms with van der Waals surface area (Å²) in [5, 5.41) is 3.66. The maximum Gasteiger partial charge on any atom is 0.321 e. The Morgan fingerprint density at radius 2 is 1.25 bits per heavy atom. The Hall–Kier alpha value is -0.580. The number of carbonyl (C=O) groups excluding carboxylic acids is 4. The van der Waals surface area contributed by atoms with Crippen LogP contribution in [0.5, 0.6) is 0 Å². The molecular weight excluding hydrogens is 596 g/mol. The maximum atomic E-state index is 11.7. The lowest BCUT2D eigenvalue weighted by molar-refractivity contribution is -0.107. The number of anilines is 1. The summed E-state index contributed by atoms with van der Waals surface area (Å²) in [6, 6.07) is 4.03. The van der Waals surface area contributed by atoms with Crippen LogP contribution in [0.1, 0.15) is 13.8 Å². The second-order valence-electron chi connectivity index (χ2n) is 4.95. The van der Waals surface area contributed by atoms with Gasteiger partial charge in [-0.05, 0) is 32.0 Å². The number of primary amides is 2. The molecule has 32 heavy (non-hydrogen) atoms. The van der Waals surface area contributed by atoms with E-state index < -0.39 is 13.6 Å². The number of rotatable bonds is 3. The fraction of sp³-hybridized carbons (Fsp3) is 0.375. The summed E-state index contributed by atoms with van der Waals surface area (Å²) < 4.78 is -3.44. The fourth-order valence-corrected chi connectivity index (χ4v) is 1.59. The van der Waals surface area contributed by atoms with E-state index in [0.717, 1.165) is 0 Å². The molecule has 0 aliphatic heterocycles. The number of amides is 4. The molecule has 0 saturated carbocycles. The molecule has 5 N–H and O–H groups in total. The first kappa shape index (κ1) is 36.0. The Labute approximate surface area is 225 Å². The van der Waals surface area contributed by atoms with Crippen molar-refractivity contribution in [2.45, 2.75) is 21.4 Å². The van der Waals surface area contributed by atoms with Crippen molar-refractivity contribution in [1.29, 1.82) is 0 Å². The zero-order valence-electron chi connectivity index (χ0n) is 16.6. The normalized spacial score (nSPS) is 9.94. The van der Waals surface area contributed by atoms with Crippen LogP contribution in [0.4, 0.5) is 15.3 Å². The van der Waals surface area contributed by atoms with Gasteiger partial charge in [-0.1, -0.05) is 92.8 Å². The molecule has 1 aromatic rings. The molecule has 16 heteroatoms. The summed E-state index contributed by atoms with van der Waals surface area (Å²) in [4.78, 5) is 41.3. The van der Waals surface area contributed by atoms with Crippen molar-refractivity contribution < 1.29 is 19.2 Å². The molecule has 8 nitrogen and oxygen atoms in total. The second kappa shape index (κ2) is 18.8. The highest BCUT2D eigenvalue weighted by atomic mass is 35.6. The van der Waals surface area contributed by atoms with Gasteiger partial charge in [-0.3, -0.25) is 9.59 Å². The van der Waals surface area contributed by atoms with Crippen molar-refractivity contribution in [3.8, 4) is 0 Å². The molecule has 0 aliphatic carbocycles. The SMILES string of the molecule is CCN(CC)C(=O)Nc1ccc(Cl)c(Cl)c1.NC(N)=O.O=CC(Cl)(Cl)Cl.O=CC(Cl)(Cl)Cl. The van der Waals surface area contributed by atoms with Crippen LogP contribution < -0.4 is 16.8 Å². The Bertz CT molecular complexity index is 701. The van der Waals surface area contributed by atoms with Crippen LogP contribution in [0, 0.1) is 0 Å². The van der Waals surface area contributed by atoms with E-state index in [1.165, 1.54) is 0 Å². The summed E-state index contributed by atoms with van der Waals surface area (Å²) in [6.45, 7) is 5.20. The molecule has 0 atom stereocenters. The average Bonchev–Trinajstić information content (AvgIpc) is 2.65. The Balaban J connectivity index is -0.000000433. The predicted molar refractivity (Wildman–Crippen MR) is 135 cm³/mol. The van der Waals surface area contributed by atoms with E-state index in [1.807, 2.05) is 13.8 Å². The summed E-state index contributed by atoms with van der Waals surface area (Å²) in [7, 11) is 0. The molecule has 0 heterocycles. The molecular formula is C16H20Cl8N4O4.